The second-order valence-corrected chi connectivity index (χ2v) is 4.51. The lowest BCUT2D eigenvalue weighted by Gasteiger charge is -2.02. The molecule has 4 heteroatoms. The zero-order valence-corrected chi connectivity index (χ0v) is 9.77. The molecule has 0 atom stereocenters. The number of imidazole rings is 1. The first-order valence-corrected chi connectivity index (χ1v) is 6.08. The van der Waals surface area contributed by atoms with Crippen molar-refractivity contribution in [3.63, 3.8) is 0 Å². The van der Waals surface area contributed by atoms with E-state index in [1.165, 1.54) is 11.3 Å². The molecular formula is C14H12N4. The number of hydrogen-bond donors (Lipinski definition) is 2. The Morgan fingerprint density at radius 2 is 2.17 bits per heavy atom. The minimum absolute atomic E-state index is 0.765. The van der Waals surface area contributed by atoms with Crippen LogP contribution < -0.4 is 5.32 Å². The van der Waals surface area contributed by atoms with Gasteiger partial charge < -0.3 is 10.3 Å². The Kier molecular flexibility index (Phi) is 1.91. The first-order valence-electron chi connectivity index (χ1n) is 6.08. The molecule has 4 nitrogen and oxygen atoms in total. The van der Waals surface area contributed by atoms with Gasteiger partial charge >= 0.3 is 0 Å². The molecule has 0 saturated heterocycles. The van der Waals surface area contributed by atoms with Crippen molar-refractivity contribution in [2.75, 3.05) is 11.9 Å². The molecular weight excluding hydrogens is 224 g/mol. The fourth-order valence-electron chi connectivity index (χ4n) is 2.42. The monoisotopic (exact) mass is 236 g/mol. The molecule has 1 aliphatic heterocycles. The molecule has 3 heterocycles. The lowest BCUT2D eigenvalue weighted by Crippen LogP contribution is -1.91. The third-order valence-electron chi connectivity index (χ3n) is 3.35. The molecule has 0 radical (unpaired) electrons. The van der Waals surface area contributed by atoms with E-state index in [2.05, 4.69) is 38.5 Å². The number of hydrogen-bond acceptors (Lipinski definition) is 3. The Bertz CT molecular complexity index is 696. The zero-order valence-electron chi connectivity index (χ0n) is 9.77. The SMILES string of the molecule is c1cnc2nc(-c3ccc4c(c3)NCC4)[nH]c2c1. The molecule has 3 aromatic rings. The summed E-state index contributed by atoms with van der Waals surface area (Å²) in [7, 11) is 0. The number of nitrogens with zero attached hydrogens (tertiary/aromatic N) is 2. The summed E-state index contributed by atoms with van der Waals surface area (Å²) in [5.74, 6) is 0.875. The Hall–Kier alpha value is -2.36. The first-order chi connectivity index (χ1) is 8.90. The maximum Gasteiger partial charge on any atom is 0.178 e. The molecule has 0 fully saturated rings. The van der Waals surface area contributed by atoms with Gasteiger partial charge in [-0.25, -0.2) is 9.97 Å². The van der Waals surface area contributed by atoms with Crippen molar-refractivity contribution in [3.8, 4) is 11.4 Å². The summed E-state index contributed by atoms with van der Waals surface area (Å²) >= 11 is 0. The first kappa shape index (κ1) is 9.65. The molecule has 1 aliphatic rings. The standard InChI is InChI=1S/C14H12N4/c1-2-11-14(16-6-1)18-13(17-11)10-4-3-9-5-7-15-12(9)8-10/h1-4,6,8,15H,5,7H2,(H,16,17,18). The van der Waals surface area contributed by atoms with Gasteiger partial charge in [-0.1, -0.05) is 12.1 Å². The van der Waals surface area contributed by atoms with Crippen LogP contribution in [0.5, 0.6) is 0 Å². The molecule has 0 aliphatic carbocycles. The van der Waals surface area contributed by atoms with Crippen molar-refractivity contribution >= 4 is 16.9 Å². The van der Waals surface area contributed by atoms with Gasteiger partial charge in [0.1, 0.15) is 5.82 Å². The highest BCUT2D eigenvalue weighted by molar-refractivity contribution is 5.77. The Morgan fingerprint density at radius 1 is 1.17 bits per heavy atom. The van der Waals surface area contributed by atoms with Crippen LogP contribution in [0, 0.1) is 0 Å². The topological polar surface area (TPSA) is 53.6 Å². The van der Waals surface area contributed by atoms with E-state index < -0.39 is 0 Å². The van der Waals surface area contributed by atoms with Crippen LogP contribution in [-0.2, 0) is 6.42 Å². The number of H-pyrrole nitrogens is 1. The van der Waals surface area contributed by atoms with Crippen molar-refractivity contribution in [2.24, 2.45) is 0 Å². The van der Waals surface area contributed by atoms with Gasteiger partial charge in [-0.05, 0) is 30.2 Å². The summed E-state index contributed by atoms with van der Waals surface area (Å²) in [5, 5.41) is 3.39. The lowest BCUT2D eigenvalue weighted by molar-refractivity contribution is 1.11. The fraction of sp³-hybridized carbons (Fsp3) is 0.143. The number of anilines is 1. The van der Waals surface area contributed by atoms with Crippen LogP contribution in [0.2, 0.25) is 0 Å². The van der Waals surface area contributed by atoms with Crippen molar-refractivity contribution in [3.05, 3.63) is 42.1 Å². The van der Waals surface area contributed by atoms with E-state index >= 15 is 0 Å². The maximum atomic E-state index is 4.51. The molecule has 18 heavy (non-hydrogen) atoms. The summed E-state index contributed by atoms with van der Waals surface area (Å²) in [6.45, 7) is 1.03. The summed E-state index contributed by atoms with van der Waals surface area (Å²) in [6.07, 6.45) is 2.87. The van der Waals surface area contributed by atoms with Crippen molar-refractivity contribution in [1.29, 1.82) is 0 Å². The Balaban J connectivity index is 1.86. The minimum atomic E-state index is 0.765. The molecule has 88 valence electrons. The van der Waals surface area contributed by atoms with Gasteiger partial charge in [-0.15, -0.1) is 0 Å². The summed E-state index contributed by atoms with van der Waals surface area (Å²) in [5.41, 5.74) is 5.44. The molecule has 2 N–H and O–H groups in total. The smallest absolute Gasteiger partial charge is 0.178 e. The maximum absolute atomic E-state index is 4.51. The van der Waals surface area contributed by atoms with Gasteiger partial charge in [0.05, 0.1) is 5.52 Å². The highest BCUT2D eigenvalue weighted by Crippen LogP contribution is 2.28. The van der Waals surface area contributed by atoms with Gasteiger partial charge in [-0.2, -0.15) is 0 Å². The van der Waals surface area contributed by atoms with Gasteiger partial charge in [0.2, 0.25) is 0 Å². The van der Waals surface area contributed by atoms with Crippen LogP contribution in [0.3, 0.4) is 0 Å². The predicted molar refractivity (Wildman–Crippen MR) is 71.5 cm³/mol. The highest BCUT2D eigenvalue weighted by Gasteiger charge is 2.12. The second kappa shape index (κ2) is 3.57. The van der Waals surface area contributed by atoms with E-state index in [1.807, 2.05) is 12.1 Å². The van der Waals surface area contributed by atoms with E-state index in [0.29, 0.717) is 0 Å². The van der Waals surface area contributed by atoms with Crippen molar-refractivity contribution < 1.29 is 0 Å². The van der Waals surface area contributed by atoms with E-state index in [-0.39, 0.29) is 0 Å². The van der Waals surface area contributed by atoms with Crippen LogP contribution in [0.4, 0.5) is 5.69 Å². The van der Waals surface area contributed by atoms with Crippen LogP contribution in [0.1, 0.15) is 5.56 Å². The minimum Gasteiger partial charge on any atom is -0.384 e. The molecule has 0 bridgehead atoms. The lowest BCUT2D eigenvalue weighted by atomic mass is 10.1. The van der Waals surface area contributed by atoms with Crippen LogP contribution >= 0.6 is 0 Å². The molecule has 0 unspecified atom stereocenters. The van der Waals surface area contributed by atoms with Crippen LogP contribution in [-0.4, -0.2) is 21.5 Å². The number of benzene rings is 1. The van der Waals surface area contributed by atoms with Crippen LogP contribution in [0.25, 0.3) is 22.6 Å². The molecule has 4 rings (SSSR count). The number of fused-ring (bicyclic) bond motifs is 2. The van der Waals surface area contributed by atoms with Gasteiger partial charge in [0.15, 0.2) is 5.65 Å². The Morgan fingerprint density at radius 3 is 3.11 bits per heavy atom. The number of rotatable bonds is 1. The quantitative estimate of drug-likeness (QED) is 0.682. The van der Waals surface area contributed by atoms with E-state index in [4.69, 9.17) is 0 Å². The molecule has 0 amide bonds. The van der Waals surface area contributed by atoms with E-state index in [9.17, 15) is 0 Å². The molecule has 0 saturated carbocycles. The third kappa shape index (κ3) is 1.39. The number of aromatic nitrogens is 3. The largest absolute Gasteiger partial charge is 0.384 e. The summed E-state index contributed by atoms with van der Waals surface area (Å²) in [6, 6.07) is 10.3. The average molecular weight is 236 g/mol. The number of pyridine rings is 1. The molecule has 2 aromatic heterocycles. The van der Waals surface area contributed by atoms with Crippen molar-refractivity contribution in [1.82, 2.24) is 15.0 Å². The normalized spacial score (nSPS) is 13.6. The van der Waals surface area contributed by atoms with Gasteiger partial charge in [-0.3, -0.25) is 0 Å². The van der Waals surface area contributed by atoms with E-state index in [1.54, 1.807) is 6.20 Å². The van der Waals surface area contributed by atoms with E-state index in [0.717, 1.165) is 35.5 Å². The fourth-order valence-corrected chi connectivity index (χ4v) is 2.42. The average Bonchev–Trinajstić information content (AvgIpc) is 3.04. The Labute approximate surface area is 104 Å². The summed E-state index contributed by atoms with van der Waals surface area (Å²) < 4.78 is 0. The predicted octanol–water partition coefficient (Wildman–Crippen LogP) is 2.59. The van der Waals surface area contributed by atoms with Crippen LogP contribution in [0.15, 0.2) is 36.5 Å². The van der Waals surface area contributed by atoms with Crippen molar-refractivity contribution in [2.45, 2.75) is 6.42 Å². The second-order valence-electron chi connectivity index (χ2n) is 4.51. The molecule has 0 spiro atoms. The highest BCUT2D eigenvalue weighted by atomic mass is 15.0. The van der Waals surface area contributed by atoms with Gasteiger partial charge in [0, 0.05) is 24.0 Å². The summed E-state index contributed by atoms with van der Waals surface area (Å²) in [4.78, 5) is 12.1. The number of aromatic amines is 1. The zero-order chi connectivity index (χ0) is 11.9. The third-order valence-corrected chi connectivity index (χ3v) is 3.35. The number of nitrogens with one attached hydrogen (secondary N) is 2. The van der Waals surface area contributed by atoms with Gasteiger partial charge in [0.25, 0.3) is 0 Å². The molecule has 1 aromatic carbocycles.